The SMILES string of the molecule is CCp1p(CC)p(CC)p(CC)p1CC. The third kappa shape index (κ3) is 2.85. The van der Waals surface area contributed by atoms with Crippen LogP contribution in [-0.2, 0) is 30.8 Å². The molecule has 0 nitrogen and oxygen atoms in total. The molecule has 0 fully saturated rings. The maximum atomic E-state index is 2.49. The monoisotopic (exact) mass is 300 g/mol. The molecule has 0 aliphatic heterocycles. The summed E-state index contributed by atoms with van der Waals surface area (Å²) in [5, 5.41) is 0. The molecule has 0 saturated carbocycles. The van der Waals surface area contributed by atoms with Crippen molar-refractivity contribution in [3.63, 3.8) is 0 Å². The summed E-state index contributed by atoms with van der Waals surface area (Å²) in [6, 6.07) is 0. The van der Waals surface area contributed by atoms with Crippen molar-refractivity contribution in [3.8, 4) is 0 Å². The third-order valence-electron chi connectivity index (χ3n) is 2.75. The molecule has 0 aliphatic rings. The molecule has 0 unspecified atom stereocenters. The summed E-state index contributed by atoms with van der Waals surface area (Å²) in [6.07, 6.45) is 7.81. The van der Waals surface area contributed by atoms with E-state index in [4.69, 9.17) is 0 Å². The topological polar surface area (TPSA) is 0 Å². The molecule has 0 saturated heterocycles. The van der Waals surface area contributed by atoms with E-state index in [0.717, 1.165) is 0 Å². The van der Waals surface area contributed by atoms with Gasteiger partial charge in [0.15, 0.2) is 0 Å². The van der Waals surface area contributed by atoms with Crippen LogP contribution in [0.4, 0.5) is 0 Å². The van der Waals surface area contributed by atoms with E-state index in [1.807, 2.05) is 0 Å². The van der Waals surface area contributed by atoms with Gasteiger partial charge in [0, 0.05) is 0 Å². The second-order valence-electron chi connectivity index (χ2n) is 3.44. The molecule has 1 aromatic rings. The average molecular weight is 300 g/mol. The first-order valence-corrected chi connectivity index (χ1v) is 17.3. The Morgan fingerprint density at radius 3 is 0.600 bits per heavy atom. The Kier molecular flexibility index (Phi) is 6.84. The molecule has 0 atom stereocenters. The number of hydrogen-bond donors (Lipinski definition) is 0. The molecule has 1 heterocycles. The lowest BCUT2D eigenvalue weighted by Crippen LogP contribution is -1.55. The number of hydrogen-bond acceptors (Lipinski definition) is 0. The van der Waals surface area contributed by atoms with E-state index in [0.29, 0.717) is 34.4 Å². The zero-order chi connectivity index (χ0) is 11.4. The minimum atomic E-state index is 0.527. The molecular formula is C10H25P5. The molecule has 1 rings (SSSR count). The molecule has 0 aromatic carbocycles. The van der Waals surface area contributed by atoms with Crippen molar-refractivity contribution >= 4 is 34.4 Å². The summed E-state index contributed by atoms with van der Waals surface area (Å²) in [5.41, 5.74) is 0. The van der Waals surface area contributed by atoms with Gasteiger partial charge in [-0.15, -0.1) is 0 Å². The van der Waals surface area contributed by atoms with E-state index in [-0.39, 0.29) is 0 Å². The second kappa shape index (κ2) is 7.05. The molecule has 0 spiro atoms. The summed E-state index contributed by atoms with van der Waals surface area (Å²) in [4.78, 5) is 0. The lowest BCUT2D eigenvalue weighted by atomic mass is 11.0. The molecular weight excluding hydrogens is 275 g/mol. The second-order valence-corrected chi connectivity index (χ2v) is 29.5. The first-order chi connectivity index (χ1) is 7.24. The van der Waals surface area contributed by atoms with Crippen molar-refractivity contribution in [2.75, 3.05) is 0 Å². The maximum Gasteiger partial charge on any atom is -0.00944 e. The Morgan fingerprint density at radius 2 is 0.533 bits per heavy atom. The van der Waals surface area contributed by atoms with Crippen molar-refractivity contribution in [2.24, 2.45) is 0 Å². The highest BCUT2D eigenvalue weighted by Gasteiger charge is 2.15. The van der Waals surface area contributed by atoms with Crippen molar-refractivity contribution in [1.29, 1.82) is 0 Å². The van der Waals surface area contributed by atoms with Gasteiger partial charge >= 0.3 is 0 Å². The molecule has 0 bridgehead atoms. The van der Waals surface area contributed by atoms with Gasteiger partial charge in [-0.2, -0.15) is 0 Å². The van der Waals surface area contributed by atoms with Gasteiger partial charge in [0.25, 0.3) is 0 Å². The molecule has 1 aromatic heterocycles. The molecule has 0 N–H and O–H groups in total. The van der Waals surface area contributed by atoms with Gasteiger partial charge < -0.3 is 0 Å². The van der Waals surface area contributed by atoms with Gasteiger partial charge in [-0.1, -0.05) is 69.1 Å². The lowest BCUT2D eigenvalue weighted by molar-refractivity contribution is 1.37. The highest BCUT2D eigenvalue weighted by atomic mass is 32.7. The largest absolute Gasteiger partial charge is 0.0765 e. The van der Waals surface area contributed by atoms with Crippen molar-refractivity contribution in [3.05, 3.63) is 0 Å². The van der Waals surface area contributed by atoms with Crippen molar-refractivity contribution in [2.45, 2.75) is 65.4 Å². The van der Waals surface area contributed by atoms with Crippen LogP contribution in [0.1, 0.15) is 34.6 Å². The van der Waals surface area contributed by atoms with Crippen molar-refractivity contribution < 1.29 is 0 Å². The highest BCUT2D eigenvalue weighted by molar-refractivity contribution is 8.72. The summed E-state index contributed by atoms with van der Waals surface area (Å²) < 4.78 is 0. The fraction of sp³-hybridized carbons (Fsp3) is 1.00. The summed E-state index contributed by atoms with van der Waals surface area (Å²) >= 11 is 0. The fourth-order valence-electron chi connectivity index (χ4n) is 2.23. The number of rotatable bonds is 5. The molecule has 0 amide bonds. The van der Waals surface area contributed by atoms with E-state index < -0.39 is 0 Å². The first kappa shape index (κ1) is 14.6. The third-order valence-corrected chi connectivity index (χ3v) is 50.5. The van der Waals surface area contributed by atoms with E-state index >= 15 is 0 Å². The van der Waals surface area contributed by atoms with E-state index in [9.17, 15) is 0 Å². The Morgan fingerprint density at radius 1 is 0.400 bits per heavy atom. The first-order valence-electron chi connectivity index (χ1n) is 6.12. The minimum absolute atomic E-state index is 0.527. The van der Waals surface area contributed by atoms with E-state index in [2.05, 4.69) is 34.6 Å². The molecule has 5 heteroatoms. The highest BCUT2D eigenvalue weighted by Crippen LogP contribution is 2.89. The van der Waals surface area contributed by atoms with Gasteiger partial charge in [0.1, 0.15) is 0 Å². The van der Waals surface area contributed by atoms with Gasteiger partial charge in [0.2, 0.25) is 0 Å². The standard InChI is InChI=1S/C10H25P5/c1-6-11-12(7-2)14(9-4)15(10-5)13(11)8-3/h6-10H2,1-5H3. The van der Waals surface area contributed by atoms with Crippen LogP contribution >= 0.6 is 34.4 Å². The van der Waals surface area contributed by atoms with Crippen molar-refractivity contribution in [1.82, 2.24) is 0 Å². The Bertz CT molecular complexity index is 237. The summed E-state index contributed by atoms with van der Waals surface area (Å²) in [5.74, 6) is 0. The smallest absolute Gasteiger partial charge is 0.00944 e. The van der Waals surface area contributed by atoms with Crippen LogP contribution in [0.3, 0.4) is 0 Å². The van der Waals surface area contributed by atoms with Crippen LogP contribution in [0.2, 0.25) is 0 Å². The predicted octanol–water partition coefficient (Wildman–Crippen LogP) is 7.84. The van der Waals surface area contributed by atoms with Gasteiger partial charge in [-0.3, -0.25) is 0 Å². The Hall–Kier alpha value is 1.50. The van der Waals surface area contributed by atoms with Crippen LogP contribution in [0.15, 0.2) is 0 Å². The fourth-order valence-corrected chi connectivity index (χ4v) is 76.8. The van der Waals surface area contributed by atoms with Gasteiger partial charge in [0.05, 0.1) is 0 Å². The van der Waals surface area contributed by atoms with Crippen LogP contribution < -0.4 is 0 Å². The van der Waals surface area contributed by atoms with Crippen LogP contribution in [0.25, 0.3) is 0 Å². The minimum Gasteiger partial charge on any atom is -0.0765 e. The molecule has 0 aliphatic carbocycles. The Labute approximate surface area is 99.9 Å². The van der Waals surface area contributed by atoms with Crippen LogP contribution in [0, 0.1) is 0 Å². The normalized spacial score (nSPS) is 17.0. The van der Waals surface area contributed by atoms with Gasteiger partial charge in [-0.05, 0) is 30.8 Å². The van der Waals surface area contributed by atoms with Gasteiger partial charge in [-0.25, -0.2) is 0 Å². The lowest BCUT2D eigenvalue weighted by Gasteiger charge is -2.05. The predicted molar refractivity (Wildman–Crippen MR) is 86.0 cm³/mol. The zero-order valence-electron chi connectivity index (χ0n) is 10.8. The Balaban J connectivity index is 3.41. The van der Waals surface area contributed by atoms with Crippen LogP contribution in [-0.4, -0.2) is 0 Å². The quantitative estimate of drug-likeness (QED) is 0.519. The zero-order valence-corrected chi connectivity index (χ0v) is 15.2. The molecule has 90 valence electrons. The van der Waals surface area contributed by atoms with Crippen LogP contribution in [0.5, 0.6) is 0 Å². The van der Waals surface area contributed by atoms with E-state index in [1.54, 1.807) is 30.8 Å². The molecule has 15 heavy (non-hydrogen) atoms. The summed E-state index contributed by atoms with van der Waals surface area (Å²) in [6.45, 7) is 15.1. The maximum absolute atomic E-state index is 2.49. The van der Waals surface area contributed by atoms with E-state index in [1.165, 1.54) is 0 Å². The summed E-state index contributed by atoms with van der Waals surface area (Å²) in [7, 11) is 0. The molecule has 0 radical (unpaired) electrons. The average Bonchev–Trinajstić information content (AvgIpc) is 2.59.